The van der Waals surface area contributed by atoms with Gasteiger partial charge in [-0.15, -0.1) is 0 Å². The topological polar surface area (TPSA) is 124 Å². The number of rotatable bonds is 7. The van der Waals surface area contributed by atoms with Gasteiger partial charge in [-0.2, -0.15) is 10.4 Å². The Morgan fingerprint density at radius 2 is 2.00 bits per heavy atom. The second-order valence-corrected chi connectivity index (χ2v) is 8.08. The minimum absolute atomic E-state index is 0.168. The molecular weight excluding hydrogens is 390 g/mol. The van der Waals surface area contributed by atoms with E-state index >= 15 is 0 Å². The zero-order valence-corrected chi connectivity index (χ0v) is 18.4. The highest BCUT2D eigenvalue weighted by atomic mass is 16.3. The number of nitrogen functional groups attached to an aromatic ring is 1. The van der Waals surface area contributed by atoms with Crippen molar-refractivity contribution in [3.63, 3.8) is 0 Å². The van der Waals surface area contributed by atoms with Crippen molar-refractivity contribution in [2.45, 2.75) is 64.5 Å². The number of aromatic nitrogens is 2. The van der Waals surface area contributed by atoms with Gasteiger partial charge in [-0.1, -0.05) is 17.7 Å². The lowest BCUT2D eigenvalue weighted by atomic mass is 9.93. The Hall–Kier alpha value is -3.05. The molecule has 1 heterocycles. The molecule has 8 heteroatoms. The predicted molar refractivity (Wildman–Crippen MR) is 123 cm³/mol. The van der Waals surface area contributed by atoms with Crippen molar-refractivity contribution in [2.24, 2.45) is 4.99 Å². The molecule has 1 aliphatic carbocycles. The molecule has 2 aromatic rings. The molecule has 1 aromatic carbocycles. The number of anilines is 1. The van der Waals surface area contributed by atoms with E-state index in [-0.39, 0.29) is 6.10 Å². The third kappa shape index (κ3) is 5.98. The molecule has 5 N–H and O–H groups in total. The summed E-state index contributed by atoms with van der Waals surface area (Å²) in [6.45, 7) is 5.47. The smallest absolute Gasteiger partial charge is 0.191 e. The van der Waals surface area contributed by atoms with Crippen LogP contribution in [-0.2, 0) is 6.42 Å². The Bertz CT molecular complexity index is 919. The van der Waals surface area contributed by atoms with E-state index < -0.39 is 0 Å². The summed E-state index contributed by atoms with van der Waals surface area (Å²) < 4.78 is 1.64. The lowest BCUT2D eigenvalue weighted by molar-refractivity contribution is 0.120. The Kier molecular flexibility index (Phi) is 7.90. The first kappa shape index (κ1) is 22.6. The number of aliphatic imine (C=N–C) groups is 1. The van der Waals surface area contributed by atoms with Crippen LogP contribution in [-0.4, -0.2) is 46.1 Å². The number of benzene rings is 1. The standard InChI is InChI=1S/C23H33N7O/c1-3-26-23(28-17-8-12-19(31)13-9-17)27-14-4-5-21-20(15-24)22(25)30(29-21)18-10-6-16(2)7-11-18/h6-7,10-11,17,19,31H,3-5,8-9,12-14,25H2,1-2H3,(H2,26,27,28). The zero-order valence-electron chi connectivity index (χ0n) is 18.4. The quantitative estimate of drug-likeness (QED) is 0.308. The van der Waals surface area contributed by atoms with Crippen molar-refractivity contribution in [1.82, 2.24) is 20.4 Å². The van der Waals surface area contributed by atoms with E-state index in [0.717, 1.165) is 55.9 Å². The molecule has 166 valence electrons. The van der Waals surface area contributed by atoms with Crippen molar-refractivity contribution >= 4 is 11.8 Å². The number of hydrogen-bond donors (Lipinski definition) is 4. The van der Waals surface area contributed by atoms with Gasteiger partial charge in [-0.3, -0.25) is 4.99 Å². The largest absolute Gasteiger partial charge is 0.393 e. The first-order chi connectivity index (χ1) is 15.0. The Morgan fingerprint density at radius 3 is 2.65 bits per heavy atom. The molecule has 0 radical (unpaired) electrons. The molecule has 8 nitrogen and oxygen atoms in total. The van der Waals surface area contributed by atoms with Crippen LogP contribution in [0.15, 0.2) is 29.3 Å². The zero-order chi connectivity index (χ0) is 22.2. The SMILES string of the molecule is CCNC(=NCCCc1nn(-c2ccc(C)cc2)c(N)c1C#N)NC1CCC(O)CC1. The monoisotopic (exact) mass is 423 g/mol. The molecular formula is C23H33N7O. The van der Waals surface area contributed by atoms with Gasteiger partial charge in [-0.25, -0.2) is 4.68 Å². The Labute approximate surface area is 184 Å². The maximum absolute atomic E-state index is 9.68. The molecule has 0 atom stereocenters. The summed E-state index contributed by atoms with van der Waals surface area (Å²) in [6.07, 6.45) is 4.79. The van der Waals surface area contributed by atoms with E-state index in [2.05, 4.69) is 26.8 Å². The molecule has 0 saturated heterocycles. The van der Waals surface area contributed by atoms with Crippen LogP contribution in [0.1, 0.15) is 55.8 Å². The predicted octanol–water partition coefficient (Wildman–Crippen LogP) is 2.43. The van der Waals surface area contributed by atoms with Crippen LogP contribution >= 0.6 is 0 Å². The molecule has 0 bridgehead atoms. The average Bonchev–Trinajstić information content (AvgIpc) is 3.08. The summed E-state index contributed by atoms with van der Waals surface area (Å²) in [5.74, 6) is 1.17. The van der Waals surface area contributed by atoms with E-state index in [1.165, 1.54) is 0 Å². The number of aliphatic hydroxyl groups excluding tert-OH is 1. The van der Waals surface area contributed by atoms with Crippen LogP contribution in [0, 0.1) is 18.3 Å². The normalized spacial score (nSPS) is 19.1. The Morgan fingerprint density at radius 1 is 1.29 bits per heavy atom. The van der Waals surface area contributed by atoms with Gasteiger partial charge >= 0.3 is 0 Å². The third-order valence-electron chi connectivity index (χ3n) is 5.61. The molecule has 1 fully saturated rings. The number of nitriles is 1. The van der Waals surface area contributed by atoms with Crippen LogP contribution in [0.25, 0.3) is 5.69 Å². The molecule has 0 amide bonds. The first-order valence-corrected chi connectivity index (χ1v) is 11.1. The van der Waals surface area contributed by atoms with E-state index in [1.807, 2.05) is 38.1 Å². The lowest BCUT2D eigenvalue weighted by Crippen LogP contribution is -2.45. The molecule has 1 aliphatic rings. The highest BCUT2D eigenvalue weighted by molar-refractivity contribution is 5.80. The molecule has 1 saturated carbocycles. The minimum Gasteiger partial charge on any atom is -0.393 e. The van der Waals surface area contributed by atoms with Crippen molar-refractivity contribution in [3.05, 3.63) is 41.1 Å². The van der Waals surface area contributed by atoms with Crippen LogP contribution in [0.5, 0.6) is 0 Å². The van der Waals surface area contributed by atoms with E-state index in [4.69, 9.17) is 5.73 Å². The fourth-order valence-corrected chi connectivity index (χ4v) is 3.83. The van der Waals surface area contributed by atoms with Crippen molar-refractivity contribution in [3.8, 4) is 11.8 Å². The van der Waals surface area contributed by atoms with Crippen LogP contribution < -0.4 is 16.4 Å². The second-order valence-electron chi connectivity index (χ2n) is 8.08. The summed E-state index contributed by atoms with van der Waals surface area (Å²) in [5, 5.41) is 30.6. The van der Waals surface area contributed by atoms with Gasteiger partial charge in [0.15, 0.2) is 5.96 Å². The molecule has 3 rings (SSSR count). The van der Waals surface area contributed by atoms with Gasteiger partial charge in [0.05, 0.1) is 17.5 Å². The highest BCUT2D eigenvalue weighted by Gasteiger charge is 2.20. The third-order valence-corrected chi connectivity index (χ3v) is 5.61. The number of nitrogens with one attached hydrogen (secondary N) is 2. The Balaban J connectivity index is 1.61. The number of hydrogen-bond acceptors (Lipinski definition) is 5. The van der Waals surface area contributed by atoms with Crippen LogP contribution in [0.3, 0.4) is 0 Å². The summed E-state index contributed by atoms with van der Waals surface area (Å²) in [4.78, 5) is 4.68. The highest BCUT2D eigenvalue weighted by Crippen LogP contribution is 2.22. The van der Waals surface area contributed by atoms with Crippen LogP contribution in [0.2, 0.25) is 0 Å². The van der Waals surface area contributed by atoms with Crippen molar-refractivity contribution < 1.29 is 5.11 Å². The van der Waals surface area contributed by atoms with Crippen molar-refractivity contribution in [2.75, 3.05) is 18.8 Å². The maximum Gasteiger partial charge on any atom is 0.191 e. The number of aliphatic hydroxyl groups is 1. The molecule has 0 unspecified atom stereocenters. The van der Waals surface area contributed by atoms with E-state index in [0.29, 0.717) is 36.1 Å². The first-order valence-electron chi connectivity index (χ1n) is 11.1. The minimum atomic E-state index is -0.168. The van der Waals surface area contributed by atoms with Crippen LogP contribution in [0.4, 0.5) is 5.82 Å². The van der Waals surface area contributed by atoms with Gasteiger partial charge in [0, 0.05) is 19.1 Å². The van der Waals surface area contributed by atoms with E-state index in [9.17, 15) is 10.4 Å². The summed E-state index contributed by atoms with van der Waals surface area (Å²) in [6, 6.07) is 10.4. The molecule has 1 aromatic heterocycles. The van der Waals surface area contributed by atoms with Gasteiger partial charge < -0.3 is 21.5 Å². The number of guanidine groups is 1. The molecule has 31 heavy (non-hydrogen) atoms. The van der Waals surface area contributed by atoms with Gasteiger partial charge in [0.2, 0.25) is 0 Å². The van der Waals surface area contributed by atoms with Gasteiger partial charge in [0.1, 0.15) is 17.5 Å². The fourth-order valence-electron chi connectivity index (χ4n) is 3.83. The number of nitrogens with zero attached hydrogens (tertiary/aromatic N) is 4. The van der Waals surface area contributed by atoms with Crippen molar-refractivity contribution in [1.29, 1.82) is 5.26 Å². The lowest BCUT2D eigenvalue weighted by Gasteiger charge is -2.27. The number of aryl methyl sites for hydroxylation is 2. The summed E-state index contributed by atoms with van der Waals surface area (Å²) in [7, 11) is 0. The average molecular weight is 424 g/mol. The maximum atomic E-state index is 9.68. The fraction of sp³-hybridized carbons (Fsp3) is 0.522. The van der Waals surface area contributed by atoms with E-state index in [1.54, 1.807) is 4.68 Å². The van der Waals surface area contributed by atoms with Gasteiger partial charge in [-0.05, 0) is 64.5 Å². The van der Waals surface area contributed by atoms with Gasteiger partial charge in [0.25, 0.3) is 0 Å². The number of nitrogens with two attached hydrogens (primary N) is 1. The molecule has 0 aliphatic heterocycles. The summed E-state index contributed by atoms with van der Waals surface area (Å²) >= 11 is 0. The second kappa shape index (κ2) is 10.8. The molecule has 0 spiro atoms. The summed E-state index contributed by atoms with van der Waals surface area (Å²) in [5.41, 5.74) is 9.35.